The fraction of sp³-hybridized carbons (Fsp3) is 0. The van der Waals surface area contributed by atoms with Crippen molar-refractivity contribution < 1.29 is 0 Å². The maximum atomic E-state index is 11.3. The maximum absolute atomic E-state index is 11.3. The molecule has 1 heterocycles. The third-order valence-electron chi connectivity index (χ3n) is 1.77. The number of H-pyrrole nitrogens is 2. The van der Waals surface area contributed by atoms with Gasteiger partial charge in [0.05, 0.1) is 10.8 Å². The smallest absolute Gasteiger partial charge is 0.267 e. The van der Waals surface area contributed by atoms with E-state index in [-0.39, 0.29) is 11.1 Å². The van der Waals surface area contributed by atoms with Crippen molar-refractivity contribution in [2.24, 2.45) is 0 Å². The molecule has 0 aliphatic carbocycles. The number of nitrogens with one attached hydrogen (secondary N) is 2. The lowest BCUT2D eigenvalue weighted by Crippen LogP contribution is -2.19. The molecule has 0 bridgehead atoms. The van der Waals surface area contributed by atoms with Crippen LogP contribution < -0.4 is 11.1 Å². The van der Waals surface area contributed by atoms with Gasteiger partial charge in [0.1, 0.15) is 0 Å². The normalized spacial score (nSPS) is 10.5. The first-order valence-electron chi connectivity index (χ1n) is 3.59. The number of aromatic nitrogens is 2. The van der Waals surface area contributed by atoms with E-state index in [4.69, 9.17) is 0 Å². The quantitative estimate of drug-likeness (QED) is 0.705. The Balaban J connectivity index is 3.19. The Hall–Kier alpha value is -1.11. The zero-order valence-corrected chi connectivity index (χ0v) is 8.58. The Morgan fingerprint density at radius 1 is 1.08 bits per heavy atom. The molecule has 0 fully saturated rings. The third kappa shape index (κ3) is 1.28. The maximum Gasteiger partial charge on any atom is 0.271 e. The van der Waals surface area contributed by atoms with E-state index < -0.39 is 0 Å². The number of aromatic amines is 2. The summed E-state index contributed by atoms with van der Waals surface area (Å²) in [4.78, 5) is 22.6. The monoisotopic (exact) mass is 288 g/mol. The van der Waals surface area contributed by atoms with Gasteiger partial charge in [-0.1, -0.05) is 6.07 Å². The highest BCUT2D eigenvalue weighted by molar-refractivity contribution is 14.1. The first-order valence-corrected chi connectivity index (χ1v) is 4.67. The zero-order valence-electron chi connectivity index (χ0n) is 6.43. The van der Waals surface area contributed by atoms with Gasteiger partial charge >= 0.3 is 0 Å². The molecule has 0 radical (unpaired) electrons. The summed E-state index contributed by atoms with van der Waals surface area (Å²) in [6.45, 7) is 0. The Bertz CT molecular complexity index is 570. The van der Waals surface area contributed by atoms with E-state index in [0.29, 0.717) is 10.8 Å². The third-order valence-corrected chi connectivity index (χ3v) is 2.67. The van der Waals surface area contributed by atoms with Crippen LogP contribution >= 0.6 is 22.6 Å². The van der Waals surface area contributed by atoms with Crippen LogP contribution in [0.2, 0.25) is 0 Å². The molecule has 66 valence electrons. The summed E-state index contributed by atoms with van der Waals surface area (Å²) in [7, 11) is 0. The summed E-state index contributed by atoms with van der Waals surface area (Å²) in [5.74, 6) is 0. The largest absolute Gasteiger partial charge is 0.271 e. The van der Waals surface area contributed by atoms with Crippen molar-refractivity contribution in [1.29, 1.82) is 0 Å². The van der Waals surface area contributed by atoms with E-state index in [0.717, 1.165) is 3.57 Å². The lowest BCUT2D eigenvalue weighted by Gasteiger charge is -1.96. The van der Waals surface area contributed by atoms with E-state index in [1.165, 1.54) is 0 Å². The highest BCUT2D eigenvalue weighted by Gasteiger charge is 2.04. The molecule has 5 heteroatoms. The Morgan fingerprint density at radius 3 is 2.46 bits per heavy atom. The predicted octanol–water partition coefficient (Wildman–Crippen LogP) is 0.821. The number of halogens is 1. The van der Waals surface area contributed by atoms with Gasteiger partial charge in [-0.25, -0.2) is 0 Å². The van der Waals surface area contributed by atoms with E-state index in [9.17, 15) is 9.59 Å². The molecule has 1 aromatic carbocycles. The van der Waals surface area contributed by atoms with Gasteiger partial charge in [-0.15, -0.1) is 0 Å². The van der Waals surface area contributed by atoms with Gasteiger partial charge in [-0.3, -0.25) is 19.8 Å². The molecule has 2 rings (SSSR count). The van der Waals surface area contributed by atoms with Crippen LogP contribution in [0, 0.1) is 3.57 Å². The van der Waals surface area contributed by atoms with E-state index >= 15 is 0 Å². The second-order valence-electron chi connectivity index (χ2n) is 2.57. The molecule has 4 nitrogen and oxygen atoms in total. The molecular formula is C8H5IN2O2. The number of fused-ring (bicyclic) bond motifs is 1. The molecular weight excluding hydrogens is 283 g/mol. The molecule has 0 aliphatic rings. The lowest BCUT2D eigenvalue weighted by atomic mass is 10.2. The summed E-state index contributed by atoms with van der Waals surface area (Å²) in [6, 6.07) is 5.17. The summed E-state index contributed by atoms with van der Waals surface area (Å²) < 4.78 is 0.780. The minimum absolute atomic E-state index is 0.264. The van der Waals surface area contributed by atoms with E-state index in [1.807, 2.05) is 22.6 Å². The van der Waals surface area contributed by atoms with Gasteiger partial charge in [0.2, 0.25) is 0 Å². The fourth-order valence-electron chi connectivity index (χ4n) is 1.19. The molecule has 0 saturated heterocycles. The van der Waals surface area contributed by atoms with Crippen LogP contribution in [-0.4, -0.2) is 10.2 Å². The van der Waals surface area contributed by atoms with Gasteiger partial charge in [-0.2, -0.15) is 0 Å². The van der Waals surface area contributed by atoms with Crippen molar-refractivity contribution in [3.8, 4) is 0 Å². The lowest BCUT2D eigenvalue weighted by molar-refractivity contribution is 0.976. The van der Waals surface area contributed by atoms with Crippen molar-refractivity contribution in [2.75, 3.05) is 0 Å². The topological polar surface area (TPSA) is 65.7 Å². The fourth-order valence-corrected chi connectivity index (χ4v) is 1.93. The molecule has 0 atom stereocenters. The van der Waals surface area contributed by atoms with Crippen LogP contribution in [0.3, 0.4) is 0 Å². The molecule has 0 aliphatic heterocycles. The van der Waals surface area contributed by atoms with Crippen molar-refractivity contribution in [2.45, 2.75) is 0 Å². The highest BCUT2D eigenvalue weighted by Crippen LogP contribution is 2.12. The second kappa shape index (κ2) is 2.99. The molecule has 13 heavy (non-hydrogen) atoms. The number of benzene rings is 1. The van der Waals surface area contributed by atoms with Crippen molar-refractivity contribution >= 4 is 33.4 Å². The Morgan fingerprint density at radius 2 is 1.77 bits per heavy atom. The summed E-state index contributed by atoms with van der Waals surface area (Å²) in [6.07, 6.45) is 0. The zero-order chi connectivity index (χ0) is 9.42. The van der Waals surface area contributed by atoms with Crippen LogP contribution in [0.5, 0.6) is 0 Å². The second-order valence-corrected chi connectivity index (χ2v) is 3.73. The molecule has 1 aromatic heterocycles. The van der Waals surface area contributed by atoms with Crippen molar-refractivity contribution in [3.05, 3.63) is 42.5 Å². The molecule has 0 saturated carbocycles. The Labute approximate surface area is 86.1 Å². The summed E-state index contributed by atoms with van der Waals surface area (Å²) in [5, 5.41) is 5.44. The molecule has 2 aromatic rings. The average molecular weight is 288 g/mol. The van der Waals surface area contributed by atoms with Crippen LogP contribution in [0.15, 0.2) is 27.8 Å². The van der Waals surface area contributed by atoms with Crippen molar-refractivity contribution in [1.82, 2.24) is 10.2 Å². The SMILES string of the molecule is O=c1[nH][nH]c(=O)c2c(I)cccc12. The van der Waals surface area contributed by atoms with Crippen LogP contribution in [0.1, 0.15) is 0 Å². The van der Waals surface area contributed by atoms with Gasteiger partial charge in [0.25, 0.3) is 11.1 Å². The number of hydrogen-bond donors (Lipinski definition) is 2. The van der Waals surface area contributed by atoms with Gasteiger partial charge in [-0.05, 0) is 34.7 Å². The number of hydrogen-bond acceptors (Lipinski definition) is 2. The van der Waals surface area contributed by atoms with E-state index in [2.05, 4.69) is 10.2 Å². The molecule has 2 N–H and O–H groups in total. The summed E-state index contributed by atoms with van der Waals surface area (Å²) >= 11 is 2.03. The molecule has 0 amide bonds. The molecule has 0 spiro atoms. The van der Waals surface area contributed by atoms with Gasteiger partial charge in [0, 0.05) is 3.57 Å². The van der Waals surface area contributed by atoms with Crippen LogP contribution in [-0.2, 0) is 0 Å². The molecule has 0 unspecified atom stereocenters. The van der Waals surface area contributed by atoms with Gasteiger partial charge < -0.3 is 0 Å². The predicted molar refractivity (Wildman–Crippen MR) is 57.9 cm³/mol. The minimum Gasteiger partial charge on any atom is -0.267 e. The van der Waals surface area contributed by atoms with Crippen LogP contribution in [0.25, 0.3) is 10.8 Å². The van der Waals surface area contributed by atoms with Gasteiger partial charge in [0.15, 0.2) is 0 Å². The first kappa shape index (κ1) is 8.49. The average Bonchev–Trinajstić information content (AvgIpc) is 2.12. The Kier molecular flexibility index (Phi) is 1.95. The van der Waals surface area contributed by atoms with E-state index in [1.54, 1.807) is 18.2 Å². The standard InChI is InChI=1S/C8H5IN2O2/c9-5-3-1-2-4-6(5)8(13)11-10-7(4)12/h1-3H,(H,10,12)(H,11,13). The first-order chi connectivity index (χ1) is 6.20. The number of rotatable bonds is 0. The minimum atomic E-state index is -0.270. The summed E-state index contributed by atoms with van der Waals surface area (Å²) in [5.41, 5.74) is -0.535. The van der Waals surface area contributed by atoms with Crippen molar-refractivity contribution in [3.63, 3.8) is 0 Å². The highest BCUT2D eigenvalue weighted by atomic mass is 127. The van der Waals surface area contributed by atoms with Crippen LogP contribution in [0.4, 0.5) is 0 Å².